The Bertz CT molecular complexity index is 287. The first-order valence-corrected chi connectivity index (χ1v) is 8.98. The number of ether oxygens (including phenoxy) is 2. The minimum absolute atomic E-state index is 0.290. The Labute approximate surface area is 130 Å². The van der Waals surface area contributed by atoms with Gasteiger partial charge in [-0.3, -0.25) is 4.79 Å². The van der Waals surface area contributed by atoms with E-state index < -0.39 is 0 Å². The molecule has 0 aromatic carbocycles. The second-order valence-electron chi connectivity index (χ2n) is 5.67. The van der Waals surface area contributed by atoms with Crippen molar-refractivity contribution in [3.63, 3.8) is 0 Å². The van der Waals surface area contributed by atoms with E-state index in [0.29, 0.717) is 18.6 Å². The second kappa shape index (κ2) is 9.00. The summed E-state index contributed by atoms with van der Waals surface area (Å²) in [5, 5.41) is 0.882. The molecule has 2 aliphatic heterocycles. The predicted octanol–water partition coefficient (Wildman–Crippen LogP) is 2.74. The molecule has 5 heteroatoms. The van der Waals surface area contributed by atoms with Gasteiger partial charge in [-0.05, 0) is 38.5 Å². The van der Waals surface area contributed by atoms with Gasteiger partial charge in [-0.15, -0.1) is 0 Å². The van der Waals surface area contributed by atoms with Crippen LogP contribution in [0.5, 0.6) is 0 Å². The smallest absolute Gasteiger partial charge is 0.222 e. The van der Waals surface area contributed by atoms with Crippen molar-refractivity contribution in [1.29, 1.82) is 0 Å². The summed E-state index contributed by atoms with van der Waals surface area (Å²) in [7, 11) is 0. The zero-order chi connectivity index (χ0) is 14.2. The third-order valence-electron chi connectivity index (χ3n) is 4.18. The van der Waals surface area contributed by atoms with Gasteiger partial charge in [0, 0.05) is 31.4 Å². The largest absolute Gasteiger partial charge is 0.378 e. The van der Waals surface area contributed by atoms with E-state index in [2.05, 4.69) is 15.9 Å². The van der Waals surface area contributed by atoms with Crippen molar-refractivity contribution in [2.75, 3.05) is 31.6 Å². The van der Waals surface area contributed by atoms with Gasteiger partial charge in [-0.1, -0.05) is 15.9 Å². The van der Waals surface area contributed by atoms with Gasteiger partial charge in [0.2, 0.25) is 5.91 Å². The number of alkyl halides is 1. The van der Waals surface area contributed by atoms with Gasteiger partial charge >= 0.3 is 0 Å². The maximum absolute atomic E-state index is 12.2. The number of halogens is 1. The van der Waals surface area contributed by atoms with E-state index in [1.165, 1.54) is 12.8 Å². The Hall–Kier alpha value is -0.130. The molecule has 1 atom stereocenters. The molecule has 0 bridgehead atoms. The molecule has 0 aliphatic carbocycles. The molecule has 0 N–H and O–H groups in total. The van der Waals surface area contributed by atoms with E-state index in [0.717, 1.165) is 57.3 Å². The van der Waals surface area contributed by atoms with Gasteiger partial charge in [0.05, 0.1) is 18.8 Å². The Balaban J connectivity index is 1.61. The number of hydrogen-bond acceptors (Lipinski definition) is 3. The normalized spacial score (nSPS) is 24.9. The minimum atomic E-state index is 0.290. The highest BCUT2D eigenvalue weighted by atomic mass is 79.9. The first-order chi connectivity index (χ1) is 9.79. The quantitative estimate of drug-likeness (QED) is 0.693. The molecule has 20 heavy (non-hydrogen) atoms. The first kappa shape index (κ1) is 16.2. The number of carbonyl (C=O) groups is 1. The van der Waals surface area contributed by atoms with Crippen molar-refractivity contribution in [2.45, 2.75) is 57.2 Å². The average Bonchev–Trinajstić information content (AvgIpc) is 2.52. The summed E-state index contributed by atoms with van der Waals surface area (Å²) >= 11 is 3.37. The predicted molar refractivity (Wildman–Crippen MR) is 82.2 cm³/mol. The van der Waals surface area contributed by atoms with Crippen LogP contribution in [0.4, 0.5) is 0 Å². The molecular formula is C15H26BrNO3. The topological polar surface area (TPSA) is 38.8 Å². The molecule has 1 unspecified atom stereocenters. The standard InChI is InChI=1S/C15H26BrNO3/c16-8-12-20-14-6-9-17(10-7-14)15(18)5-4-13-3-1-2-11-19-13/h13-14H,1-12H2. The van der Waals surface area contributed by atoms with E-state index in [1.807, 2.05) is 4.90 Å². The lowest BCUT2D eigenvalue weighted by atomic mass is 10.0. The lowest BCUT2D eigenvalue weighted by Gasteiger charge is -2.32. The molecule has 0 aromatic heterocycles. The second-order valence-corrected chi connectivity index (χ2v) is 6.46. The van der Waals surface area contributed by atoms with Crippen molar-refractivity contribution in [2.24, 2.45) is 0 Å². The number of rotatable bonds is 6. The van der Waals surface area contributed by atoms with Crippen LogP contribution in [-0.4, -0.2) is 54.6 Å². The van der Waals surface area contributed by atoms with Crippen molar-refractivity contribution in [1.82, 2.24) is 4.90 Å². The lowest BCUT2D eigenvalue weighted by Crippen LogP contribution is -2.41. The number of amides is 1. The highest BCUT2D eigenvalue weighted by Gasteiger charge is 2.24. The van der Waals surface area contributed by atoms with E-state index in [1.54, 1.807) is 0 Å². The summed E-state index contributed by atoms with van der Waals surface area (Å²) in [5.74, 6) is 0.290. The zero-order valence-corrected chi connectivity index (χ0v) is 13.8. The lowest BCUT2D eigenvalue weighted by molar-refractivity contribution is -0.134. The summed E-state index contributed by atoms with van der Waals surface area (Å²) in [4.78, 5) is 14.2. The van der Waals surface area contributed by atoms with Crippen LogP contribution < -0.4 is 0 Å². The molecule has 116 valence electrons. The van der Waals surface area contributed by atoms with Crippen molar-refractivity contribution in [3.05, 3.63) is 0 Å². The molecule has 0 radical (unpaired) electrons. The van der Waals surface area contributed by atoms with E-state index in [4.69, 9.17) is 9.47 Å². The Morgan fingerprint density at radius 3 is 2.70 bits per heavy atom. The van der Waals surface area contributed by atoms with Crippen molar-refractivity contribution in [3.8, 4) is 0 Å². The molecule has 2 aliphatic rings. The van der Waals surface area contributed by atoms with Crippen LogP contribution in [0.3, 0.4) is 0 Å². The van der Waals surface area contributed by atoms with Crippen LogP contribution in [-0.2, 0) is 14.3 Å². The SMILES string of the molecule is O=C(CCC1CCCCO1)N1CCC(OCCBr)CC1. The maximum atomic E-state index is 12.2. The van der Waals surface area contributed by atoms with Crippen LogP contribution in [0.25, 0.3) is 0 Å². The van der Waals surface area contributed by atoms with Gasteiger partial charge in [-0.25, -0.2) is 0 Å². The molecular weight excluding hydrogens is 322 g/mol. The molecule has 0 aromatic rings. The summed E-state index contributed by atoms with van der Waals surface area (Å²) in [6.07, 6.45) is 7.65. The average molecular weight is 348 g/mol. The van der Waals surface area contributed by atoms with Crippen LogP contribution >= 0.6 is 15.9 Å². The third-order valence-corrected chi connectivity index (χ3v) is 4.50. The molecule has 2 rings (SSSR count). The number of nitrogens with zero attached hydrogens (tertiary/aromatic N) is 1. The van der Waals surface area contributed by atoms with Crippen molar-refractivity contribution < 1.29 is 14.3 Å². The number of piperidine rings is 1. The van der Waals surface area contributed by atoms with Crippen LogP contribution in [0, 0.1) is 0 Å². The number of carbonyl (C=O) groups excluding carboxylic acids is 1. The van der Waals surface area contributed by atoms with E-state index in [9.17, 15) is 4.79 Å². The number of hydrogen-bond donors (Lipinski definition) is 0. The monoisotopic (exact) mass is 347 g/mol. The van der Waals surface area contributed by atoms with Crippen molar-refractivity contribution >= 4 is 21.8 Å². The highest BCUT2D eigenvalue weighted by molar-refractivity contribution is 9.09. The van der Waals surface area contributed by atoms with Gasteiger partial charge in [0.25, 0.3) is 0 Å². The molecule has 0 spiro atoms. The van der Waals surface area contributed by atoms with Gasteiger partial charge < -0.3 is 14.4 Å². The Morgan fingerprint density at radius 2 is 2.05 bits per heavy atom. The maximum Gasteiger partial charge on any atom is 0.222 e. The van der Waals surface area contributed by atoms with Crippen LogP contribution in [0.2, 0.25) is 0 Å². The van der Waals surface area contributed by atoms with Gasteiger partial charge in [-0.2, -0.15) is 0 Å². The molecule has 2 fully saturated rings. The molecule has 2 saturated heterocycles. The summed E-state index contributed by atoms with van der Waals surface area (Å²) in [6, 6.07) is 0. The van der Waals surface area contributed by atoms with Gasteiger partial charge in [0.15, 0.2) is 0 Å². The molecule has 2 heterocycles. The Morgan fingerprint density at radius 1 is 1.25 bits per heavy atom. The fraction of sp³-hybridized carbons (Fsp3) is 0.933. The Kier molecular flexibility index (Phi) is 7.31. The molecule has 4 nitrogen and oxygen atoms in total. The summed E-state index contributed by atoms with van der Waals surface area (Å²) < 4.78 is 11.4. The third kappa shape index (κ3) is 5.34. The zero-order valence-electron chi connectivity index (χ0n) is 12.2. The van der Waals surface area contributed by atoms with Crippen LogP contribution in [0.1, 0.15) is 44.9 Å². The molecule has 1 amide bonds. The summed E-state index contributed by atoms with van der Waals surface area (Å²) in [6.45, 7) is 3.32. The summed E-state index contributed by atoms with van der Waals surface area (Å²) in [5.41, 5.74) is 0. The van der Waals surface area contributed by atoms with E-state index in [-0.39, 0.29) is 5.91 Å². The van der Waals surface area contributed by atoms with E-state index >= 15 is 0 Å². The minimum Gasteiger partial charge on any atom is -0.378 e. The van der Waals surface area contributed by atoms with Crippen LogP contribution in [0.15, 0.2) is 0 Å². The number of likely N-dealkylation sites (tertiary alicyclic amines) is 1. The fourth-order valence-corrected chi connectivity index (χ4v) is 3.15. The first-order valence-electron chi connectivity index (χ1n) is 7.86. The fourth-order valence-electron chi connectivity index (χ4n) is 2.96. The molecule has 0 saturated carbocycles. The highest BCUT2D eigenvalue weighted by Crippen LogP contribution is 2.19. The van der Waals surface area contributed by atoms with Gasteiger partial charge in [0.1, 0.15) is 0 Å².